The number of nitrogens with one attached hydrogen (secondary N) is 1. The molecule has 3 rings (SSSR count). The van der Waals surface area contributed by atoms with Gasteiger partial charge in [-0.25, -0.2) is 0 Å². The van der Waals surface area contributed by atoms with Crippen molar-refractivity contribution < 1.29 is 4.42 Å². The lowest BCUT2D eigenvalue weighted by molar-refractivity contribution is 0.310. The Hall–Kier alpha value is -0.900. The van der Waals surface area contributed by atoms with Gasteiger partial charge in [0.1, 0.15) is 0 Å². The molecule has 4 nitrogen and oxygen atoms in total. The van der Waals surface area contributed by atoms with E-state index in [9.17, 15) is 0 Å². The predicted molar refractivity (Wildman–Crippen MR) is 55.6 cm³/mol. The quantitative estimate of drug-likeness (QED) is 0.815. The summed E-state index contributed by atoms with van der Waals surface area (Å²) in [5.74, 6) is 2.98. The number of aromatic nitrogens is 2. The minimum atomic E-state index is 0.547. The van der Waals surface area contributed by atoms with Gasteiger partial charge in [0.15, 0.2) is 0 Å². The van der Waals surface area contributed by atoms with E-state index in [1.54, 1.807) is 0 Å². The Labute approximate surface area is 89.5 Å². The molecule has 1 saturated carbocycles. The van der Waals surface area contributed by atoms with Gasteiger partial charge in [-0.15, -0.1) is 10.2 Å². The normalized spacial score (nSPS) is 23.2. The minimum absolute atomic E-state index is 0.547. The van der Waals surface area contributed by atoms with Crippen molar-refractivity contribution >= 4 is 0 Å². The zero-order chi connectivity index (χ0) is 10.1. The number of nitrogens with zero attached hydrogens (tertiary/aromatic N) is 2. The van der Waals surface area contributed by atoms with Crippen LogP contribution in [0.2, 0.25) is 0 Å². The molecule has 0 atom stereocenters. The first-order valence-electron chi connectivity index (χ1n) is 5.95. The molecular weight excluding hydrogens is 190 g/mol. The van der Waals surface area contributed by atoms with E-state index in [2.05, 4.69) is 15.5 Å². The van der Waals surface area contributed by atoms with E-state index in [4.69, 9.17) is 4.42 Å². The van der Waals surface area contributed by atoms with Crippen molar-refractivity contribution in [3.8, 4) is 0 Å². The largest absolute Gasteiger partial charge is 0.425 e. The van der Waals surface area contributed by atoms with Crippen molar-refractivity contribution in [3.05, 3.63) is 11.8 Å². The van der Waals surface area contributed by atoms with Crippen LogP contribution >= 0.6 is 0 Å². The molecule has 1 aliphatic heterocycles. The molecule has 0 aromatic carbocycles. The lowest BCUT2D eigenvalue weighted by Gasteiger charge is -2.25. The molecule has 1 N–H and O–H groups in total. The molecule has 15 heavy (non-hydrogen) atoms. The highest BCUT2D eigenvalue weighted by Crippen LogP contribution is 2.33. The number of rotatable bonds is 3. The molecule has 1 aromatic rings. The fourth-order valence-corrected chi connectivity index (χ4v) is 2.43. The zero-order valence-electron chi connectivity index (χ0n) is 8.91. The van der Waals surface area contributed by atoms with Crippen LogP contribution in [0.4, 0.5) is 0 Å². The van der Waals surface area contributed by atoms with Gasteiger partial charge in [-0.2, -0.15) is 0 Å². The van der Waals surface area contributed by atoms with Gasteiger partial charge in [-0.3, -0.25) is 0 Å². The van der Waals surface area contributed by atoms with Gasteiger partial charge < -0.3 is 9.73 Å². The van der Waals surface area contributed by atoms with E-state index in [0.29, 0.717) is 11.8 Å². The topological polar surface area (TPSA) is 51.0 Å². The van der Waals surface area contributed by atoms with Gasteiger partial charge in [-0.1, -0.05) is 12.8 Å². The maximum absolute atomic E-state index is 5.72. The van der Waals surface area contributed by atoms with E-state index < -0.39 is 0 Å². The molecule has 2 fully saturated rings. The Balaban J connectivity index is 1.64. The van der Waals surface area contributed by atoms with E-state index in [-0.39, 0.29) is 0 Å². The van der Waals surface area contributed by atoms with Crippen molar-refractivity contribution in [2.75, 3.05) is 13.1 Å². The average molecular weight is 207 g/mol. The third kappa shape index (κ3) is 1.91. The van der Waals surface area contributed by atoms with E-state index in [1.165, 1.54) is 25.7 Å². The summed E-state index contributed by atoms with van der Waals surface area (Å²) in [5, 5.41) is 11.6. The van der Waals surface area contributed by atoms with Crippen molar-refractivity contribution in [1.82, 2.24) is 15.5 Å². The Kier molecular flexibility index (Phi) is 2.44. The summed E-state index contributed by atoms with van der Waals surface area (Å²) in [6, 6.07) is 0. The smallest absolute Gasteiger partial charge is 0.219 e. The molecule has 2 aliphatic rings. The lowest BCUT2D eigenvalue weighted by atomic mass is 10.00. The molecule has 4 heteroatoms. The lowest BCUT2D eigenvalue weighted by Crippen LogP contribution is -2.43. The van der Waals surface area contributed by atoms with Crippen LogP contribution in [0, 0.1) is 5.92 Å². The molecule has 0 spiro atoms. The Morgan fingerprint density at radius 3 is 2.67 bits per heavy atom. The summed E-state index contributed by atoms with van der Waals surface area (Å²) in [7, 11) is 0. The minimum Gasteiger partial charge on any atom is -0.425 e. The van der Waals surface area contributed by atoms with Crippen molar-refractivity contribution in [1.29, 1.82) is 0 Å². The second-order valence-corrected chi connectivity index (χ2v) is 4.74. The number of hydrogen-bond acceptors (Lipinski definition) is 4. The van der Waals surface area contributed by atoms with Crippen LogP contribution in [-0.2, 0) is 6.42 Å². The Bertz CT molecular complexity index is 326. The van der Waals surface area contributed by atoms with Gasteiger partial charge >= 0.3 is 0 Å². The first-order chi connectivity index (χ1) is 7.42. The summed E-state index contributed by atoms with van der Waals surface area (Å²) in [6.45, 7) is 2.20. The molecule has 0 radical (unpaired) electrons. The summed E-state index contributed by atoms with van der Waals surface area (Å²) < 4.78 is 5.72. The molecule has 0 unspecified atom stereocenters. The van der Waals surface area contributed by atoms with Crippen LogP contribution in [0.5, 0.6) is 0 Å². The van der Waals surface area contributed by atoms with Gasteiger partial charge in [0, 0.05) is 12.3 Å². The van der Waals surface area contributed by atoms with Crippen molar-refractivity contribution in [2.24, 2.45) is 5.92 Å². The summed E-state index contributed by atoms with van der Waals surface area (Å²) in [6.07, 6.45) is 6.04. The third-order valence-corrected chi connectivity index (χ3v) is 3.52. The van der Waals surface area contributed by atoms with Gasteiger partial charge in [0.05, 0.1) is 0 Å². The highest BCUT2D eigenvalue weighted by Gasteiger charge is 2.24. The molecule has 0 bridgehead atoms. The van der Waals surface area contributed by atoms with Crippen LogP contribution in [0.15, 0.2) is 4.42 Å². The van der Waals surface area contributed by atoms with Crippen molar-refractivity contribution in [2.45, 2.75) is 38.0 Å². The zero-order valence-corrected chi connectivity index (χ0v) is 8.91. The highest BCUT2D eigenvalue weighted by atomic mass is 16.4. The first kappa shape index (κ1) is 9.33. The van der Waals surface area contributed by atoms with Gasteiger partial charge in [0.25, 0.3) is 0 Å². The molecule has 1 aromatic heterocycles. The SMILES string of the molecule is C1CCC(c2nnc(CC3CNC3)o2)C1. The summed E-state index contributed by atoms with van der Waals surface area (Å²) in [5.41, 5.74) is 0. The Morgan fingerprint density at radius 2 is 2.00 bits per heavy atom. The van der Waals surface area contributed by atoms with Crippen LogP contribution in [0.3, 0.4) is 0 Å². The highest BCUT2D eigenvalue weighted by molar-refractivity contribution is 4.95. The van der Waals surface area contributed by atoms with Crippen LogP contribution < -0.4 is 5.32 Å². The van der Waals surface area contributed by atoms with Gasteiger partial charge in [0.2, 0.25) is 11.8 Å². The van der Waals surface area contributed by atoms with Crippen molar-refractivity contribution in [3.63, 3.8) is 0 Å². The monoisotopic (exact) mass is 207 g/mol. The maximum Gasteiger partial charge on any atom is 0.219 e. The Morgan fingerprint density at radius 1 is 1.20 bits per heavy atom. The molecular formula is C11H17N3O. The third-order valence-electron chi connectivity index (χ3n) is 3.52. The van der Waals surface area contributed by atoms with E-state index >= 15 is 0 Å². The molecule has 2 heterocycles. The first-order valence-corrected chi connectivity index (χ1v) is 5.95. The molecule has 1 aliphatic carbocycles. The average Bonchev–Trinajstić information content (AvgIpc) is 2.82. The van der Waals surface area contributed by atoms with Gasteiger partial charge in [-0.05, 0) is 31.8 Å². The fraction of sp³-hybridized carbons (Fsp3) is 0.818. The second-order valence-electron chi connectivity index (χ2n) is 4.74. The van der Waals surface area contributed by atoms with Crippen LogP contribution in [0.25, 0.3) is 0 Å². The molecule has 1 saturated heterocycles. The van der Waals surface area contributed by atoms with Crippen LogP contribution in [-0.4, -0.2) is 23.3 Å². The molecule has 82 valence electrons. The second kappa shape index (κ2) is 3.93. The molecule has 0 amide bonds. The predicted octanol–water partition coefficient (Wildman–Crippen LogP) is 1.49. The standard InChI is InChI=1S/C11H17N3O/c1-2-4-9(3-1)11-14-13-10(15-11)5-8-6-12-7-8/h8-9,12H,1-7H2. The van der Waals surface area contributed by atoms with Crippen LogP contribution in [0.1, 0.15) is 43.4 Å². The maximum atomic E-state index is 5.72. The number of hydrogen-bond donors (Lipinski definition) is 1. The van der Waals surface area contributed by atoms with E-state index in [0.717, 1.165) is 31.3 Å². The van der Waals surface area contributed by atoms with E-state index in [1.807, 2.05) is 0 Å². The fourth-order valence-electron chi connectivity index (χ4n) is 2.43. The summed E-state index contributed by atoms with van der Waals surface area (Å²) >= 11 is 0. The summed E-state index contributed by atoms with van der Waals surface area (Å²) in [4.78, 5) is 0.